The van der Waals surface area contributed by atoms with Crippen LogP contribution in [0.5, 0.6) is 0 Å². The Labute approximate surface area is 150 Å². The number of hydrogen-bond donors (Lipinski definition) is 0. The highest BCUT2D eigenvalue weighted by molar-refractivity contribution is 9.10. The molecule has 3 heterocycles. The molecule has 4 rings (SSSR count). The smallest absolute Gasteiger partial charge is 0.330 e. The Morgan fingerprint density at radius 1 is 1.00 bits per heavy atom. The van der Waals surface area contributed by atoms with Gasteiger partial charge in [-0.1, -0.05) is 12.1 Å². The van der Waals surface area contributed by atoms with Crippen LogP contribution < -0.4 is 11.2 Å². The molecular formula is C16H15BrN6O2. The molecule has 0 aliphatic heterocycles. The van der Waals surface area contributed by atoms with E-state index < -0.39 is 11.2 Å². The van der Waals surface area contributed by atoms with E-state index in [4.69, 9.17) is 0 Å². The molecule has 0 spiro atoms. The highest BCUT2D eigenvalue weighted by Gasteiger charge is 2.19. The van der Waals surface area contributed by atoms with Gasteiger partial charge in [0.15, 0.2) is 15.9 Å². The topological polar surface area (TPSA) is 79.6 Å². The van der Waals surface area contributed by atoms with E-state index >= 15 is 0 Å². The van der Waals surface area contributed by atoms with Crippen molar-refractivity contribution in [3.05, 3.63) is 55.7 Å². The van der Waals surface area contributed by atoms with E-state index in [1.165, 1.54) is 11.6 Å². The number of benzene rings is 1. The lowest BCUT2D eigenvalue weighted by Crippen LogP contribution is -2.37. The Morgan fingerprint density at radius 2 is 1.72 bits per heavy atom. The summed E-state index contributed by atoms with van der Waals surface area (Å²) in [5.41, 5.74) is 1.81. The highest BCUT2D eigenvalue weighted by Crippen LogP contribution is 2.20. The zero-order valence-electron chi connectivity index (χ0n) is 13.9. The van der Waals surface area contributed by atoms with Crippen LogP contribution in [0.15, 0.2) is 38.6 Å². The molecule has 8 nitrogen and oxygen atoms in total. The van der Waals surface area contributed by atoms with E-state index in [0.717, 1.165) is 21.4 Å². The van der Waals surface area contributed by atoms with E-state index in [1.54, 1.807) is 11.6 Å². The Kier molecular flexibility index (Phi) is 3.43. The van der Waals surface area contributed by atoms with Crippen LogP contribution in [-0.2, 0) is 27.7 Å². The third-order valence-corrected chi connectivity index (χ3v) is 5.08. The van der Waals surface area contributed by atoms with E-state index in [1.807, 2.05) is 35.9 Å². The van der Waals surface area contributed by atoms with Gasteiger partial charge in [-0.3, -0.25) is 18.5 Å². The van der Waals surface area contributed by atoms with Gasteiger partial charge in [0.1, 0.15) is 5.82 Å². The van der Waals surface area contributed by atoms with Gasteiger partial charge in [-0.05, 0) is 28.1 Å². The molecule has 0 unspecified atom stereocenters. The second-order valence-corrected chi connectivity index (χ2v) is 6.63. The zero-order valence-corrected chi connectivity index (χ0v) is 15.5. The van der Waals surface area contributed by atoms with Crippen molar-refractivity contribution in [1.82, 2.24) is 28.2 Å². The van der Waals surface area contributed by atoms with Gasteiger partial charge in [0, 0.05) is 21.1 Å². The number of hydrogen-bond acceptors (Lipinski definition) is 4. The van der Waals surface area contributed by atoms with Crippen molar-refractivity contribution in [2.45, 2.75) is 6.54 Å². The van der Waals surface area contributed by atoms with Gasteiger partial charge in [-0.25, -0.2) is 14.8 Å². The van der Waals surface area contributed by atoms with Crippen LogP contribution in [0.25, 0.3) is 22.2 Å². The quantitative estimate of drug-likeness (QED) is 0.470. The number of halogens is 1. The summed E-state index contributed by atoms with van der Waals surface area (Å²) in [5.74, 6) is 0.800. The first-order valence-corrected chi connectivity index (χ1v) is 8.41. The minimum absolute atomic E-state index is 0.246. The molecule has 0 amide bonds. The zero-order chi connectivity index (χ0) is 17.9. The Hall–Kier alpha value is -2.68. The SMILES string of the molecule is Cn1c(=O)c2nc(Br)n(Cc3nc4ccccc4n3C)c2n(C)c1=O. The van der Waals surface area contributed by atoms with Crippen molar-refractivity contribution < 1.29 is 0 Å². The van der Waals surface area contributed by atoms with Crippen molar-refractivity contribution in [3.63, 3.8) is 0 Å². The van der Waals surface area contributed by atoms with E-state index in [2.05, 4.69) is 25.9 Å². The predicted molar refractivity (Wildman–Crippen MR) is 97.7 cm³/mol. The van der Waals surface area contributed by atoms with Crippen molar-refractivity contribution in [3.8, 4) is 0 Å². The summed E-state index contributed by atoms with van der Waals surface area (Å²) in [6, 6.07) is 7.85. The third-order valence-electron chi connectivity index (χ3n) is 4.47. The maximum atomic E-state index is 12.4. The molecule has 3 aromatic heterocycles. The average Bonchev–Trinajstić information content (AvgIpc) is 3.10. The number of para-hydroxylation sites is 2. The number of fused-ring (bicyclic) bond motifs is 2. The van der Waals surface area contributed by atoms with Crippen LogP contribution in [0.3, 0.4) is 0 Å². The molecule has 1 aromatic carbocycles. The lowest BCUT2D eigenvalue weighted by Gasteiger charge is -2.09. The Balaban J connectivity index is 1.98. The number of imidazole rings is 2. The summed E-state index contributed by atoms with van der Waals surface area (Å²) in [6.07, 6.45) is 0. The maximum Gasteiger partial charge on any atom is 0.332 e. The minimum Gasteiger partial charge on any atom is -0.330 e. The van der Waals surface area contributed by atoms with Crippen molar-refractivity contribution in [2.24, 2.45) is 21.1 Å². The van der Waals surface area contributed by atoms with Crippen LogP contribution in [0.2, 0.25) is 0 Å². The Bertz CT molecular complexity index is 1260. The summed E-state index contributed by atoms with van der Waals surface area (Å²) in [5, 5.41) is 0. The normalized spacial score (nSPS) is 11.7. The number of nitrogens with zero attached hydrogens (tertiary/aromatic N) is 6. The molecule has 0 fully saturated rings. The second kappa shape index (κ2) is 5.41. The average molecular weight is 403 g/mol. The van der Waals surface area contributed by atoms with E-state index in [0.29, 0.717) is 16.9 Å². The fourth-order valence-electron chi connectivity index (χ4n) is 3.08. The number of aromatic nitrogens is 6. The molecule has 0 bridgehead atoms. The summed E-state index contributed by atoms with van der Waals surface area (Å²) in [6.45, 7) is 0.378. The highest BCUT2D eigenvalue weighted by atomic mass is 79.9. The first-order valence-electron chi connectivity index (χ1n) is 7.62. The molecule has 0 atom stereocenters. The molecule has 128 valence electrons. The predicted octanol–water partition coefficient (Wildman–Crippen LogP) is 1.13. The Morgan fingerprint density at radius 3 is 2.44 bits per heavy atom. The first-order chi connectivity index (χ1) is 11.9. The molecule has 0 radical (unpaired) electrons. The first kappa shape index (κ1) is 15.8. The number of rotatable bonds is 2. The fraction of sp³-hybridized carbons (Fsp3) is 0.250. The lowest BCUT2D eigenvalue weighted by molar-refractivity contribution is 0.664. The van der Waals surface area contributed by atoms with Crippen LogP contribution >= 0.6 is 15.9 Å². The molecule has 9 heteroatoms. The van der Waals surface area contributed by atoms with Gasteiger partial charge >= 0.3 is 5.69 Å². The molecule has 0 N–H and O–H groups in total. The minimum atomic E-state index is -0.414. The van der Waals surface area contributed by atoms with Gasteiger partial charge in [0.2, 0.25) is 0 Å². The molecule has 0 aliphatic carbocycles. The van der Waals surface area contributed by atoms with Crippen LogP contribution in [-0.4, -0.2) is 28.2 Å². The maximum absolute atomic E-state index is 12.4. The van der Waals surface area contributed by atoms with Gasteiger partial charge in [0.25, 0.3) is 5.56 Å². The fourth-order valence-corrected chi connectivity index (χ4v) is 3.55. The van der Waals surface area contributed by atoms with Crippen LogP contribution in [0.1, 0.15) is 5.82 Å². The standard InChI is InChI=1S/C16H15BrN6O2/c1-20-10-7-5-4-6-9(10)18-11(20)8-23-13-12(19-15(23)17)14(24)22(3)16(25)21(13)2/h4-7H,8H2,1-3H3. The van der Waals surface area contributed by atoms with Crippen molar-refractivity contribution >= 4 is 38.1 Å². The lowest BCUT2D eigenvalue weighted by atomic mass is 10.3. The summed E-state index contributed by atoms with van der Waals surface area (Å²) in [4.78, 5) is 33.6. The molecular weight excluding hydrogens is 388 g/mol. The third kappa shape index (κ3) is 2.19. The van der Waals surface area contributed by atoms with Crippen molar-refractivity contribution in [1.29, 1.82) is 0 Å². The second-order valence-electron chi connectivity index (χ2n) is 5.92. The van der Waals surface area contributed by atoms with Crippen LogP contribution in [0, 0.1) is 0 Å². The number of aryl methyl sites for hydroxylation is 2. The molecule has 0 saturated heterocycles. The van der Waals surface area contributed by atoms with Crippen LogP contribution in [0.4, 0.5) is 0 Å². The van der Waals surface area contributed by atoms with Gasteiger partial charge in [0.05, 0.1) is 17.6 Å². The molecule has 0 saturated carbocycles. The molecule has 25 heavy (non-hydrogen) atoms. The van der Waals surface area contributed by atoms with Crippen molar-refractivity contribution in [2.75, 3.05) is 0 Å². The van der Waals surface area contributed by atoms with Gasteiger partial charge in [-0.15, -0.1) is 0 Å². The van der Waals surface area contributed by atoms with Gasteiger partial charge in [-0.2, -0.15) is 0 Å². The largest absolute Gasteiger partial charge is 0.332 e. The van der Waals surface area contributed by atoms with E-state index in [9.17, 15) is 9.59 Å². The molecule has 0 aliphatic rings. The summed E-state index contributed by atoms with van der Waals surface area (Å²) < 4.78 is 6.73. The van der Waals surface area contributed by atoms with Gasteiger partial charge < -0.3 is 4.57 Å². The molecule has 4 aromatic rings. The summed E-state index contributed by atoms with van der Waals surface area (Å²) in [7, 11) is 5.02. The van der Waals surface area contributed by atoms with E-state index in [-0.39, 0.29) is 5.52 Å². The monoisotopic (exact) mass is 402 g/mol. The summed E-state index contributed by atoms with van der Waals surface area (Å²) >= 11 is 3.40.